The van der Waals surface area contributed by atoms with Crippen molar-refractivity contribution in [3.8, 4) is 0 Å². The summed E-state index contributed by atoms with van der Waals surface area (Å²) >= 11 is 0. The fourth-order valence-electron chi connectivity index (χ4n) is 1.60. The van der Waals surface area contributed by atoms with Crippen LogP contribution in [-0.4, -0.2) is 66.6 Å². The molecule has 0 fully saturated rings. The maximum Gasteiger partial charge on any atom is 0.326 e. The number of amides is 2. The van der Waals surface area contributed by atoms with Crippen LogP contribution in [0.3, 0.4) is 0 Å². The Hall–Kier alpha value is -1.34. The zero-order valence-corrected chi connectivity index (χ0v) is 11.9. The van der Waals surface area contributed by atoms with Crippen molar-refractivity contribution < 1.29 is 24.5 Å². The monoisotopic (exact) mass is 276 g/mol. The van der Waals surface area contributed by atoms with E-state index in [4.69, 9.17) is 9.84 Å². The fraction of sp³-hybridized carbons (Fsp3) is 0.833. The summed E-state index contributed by atoms with van der Waals surface area (Å²) in [6.07, 6.45) is -0.440. The average Bonchev–Trinajstić information content (AvgIpc) is 2.27. The standard InChI is InChI=1S/C12H24N2O5/c1-8(2)5-10(11(16)17)13-12(18)14(3)6-9(15)7-19-4/h8-10,15H,5-7H2,1-4H3,(H,13,18)(H,16,17)/t9?,10-/m1/s1. The molecule has 0 aromatic rings. The first-order chi connectivity index (χ1) is 8.77. The van der Waals surface area contributed by atoms with Gasteiger partial charge in [-0.15, -0.1) is 0 Å². The Balaban J connectivity index is 4.34. The van der Waals surface area contributed by atoms with Gasteiger partial charge in [0.25, 0.3) is 0 Å². The number of aliphatic hydroxyl groups is 1. The summed E-state index contributed by atoms with van der Waals surface area (Å²) in [7, 11) is 2.94. The normalized spacial score (nSPS) is 14.0. The highest BCUT2D eigenvalue weighted by atomic mass is 16.5. The number of rotatable bonds is 8. The maximum atomic E-state index is 11.8. The molecular weight excluding hydrogens is 252 g/mol. The highest BCUT2D eigenvalue weighted by molar-refractivity contribution is 5.82. The second kappa shape index (κ2) is 8.71. The molecular formula is C12H24N2O5. The smallest absolute Gasteiger partial charge is 0.326 e. The Morgan fingerprint density at radius 2 is 1.95 bits per heavy atom. The van der Waals surface area contributed by atoms with E-state index in [2.05, 4.69) is 5.32 Å². The van der Waals surface area contributed by atoms with Gasteiger partial charge in [-0.3, -0.25) is 0 Å². The number of nitrogens with zero attached hydrogens (tertiary/aromatic N) is 1. The van der Waals surface area contributed by atoms with Gasteiger partial charge in [-0.05, 0) is 12.3 Å². The van der Waals surface area contributed by atoms with Gasteiger partial charge in [0.05, 0.1) is 19.3 Å². The number of aliphatic carboxylic acids is 1. The third-order valence-electron chi connectivity index (χ3n) is 2.49. The van der Waals surface area contributed by atoms with Crippen LogP contribution in [0.15, 0.2) is 0 Å². The molecule has 0 bridgehead atoms. The van der Waals surface area contributed by atoms with E-state index >= 15 is 0 Å². The lowest BCUT2D eigenvalue weighted by Crippen LogP contribution is -2.49. The molecule has 0 saturated heterocycles. The van der Waals surface area contributed by atoms with Crippen LogP contribution < -0.4 is 5.32 Å². The average molecular weight is 276 g/mol. The van der Waals surface area contributed by atoms with E-state index in [1.807, 2.05) is 13.8 Å². The van der Waals surface area contributed by atoms with Gasteiger partial charge in [-0.2, -0.15) is 0 Å². The van der Waals surface area contributed by atoms with Gasteiger partial charge in [0.2, 0.25) is 0 Å². The molecule has 7 heteroatoms. The van der Waals surface area contributed by atoms with Crippen LogP contribution in [0.4, 0.5) is 4.79 Å². The number of aliphatic hydroxyl groups excluding tert-OH is 1. The molecule has 2 atom stereocenters. The molecule has 0 radical (unpaired) electrons. The minimum Gasteiger partial charge on any atom is -0.480 e. The quantitative estimate of drug-likeness (QED) is 0.585. The minimum absolute atomic E-state index is 0.0771. The summed E-state index contributed by atoms with van der Waals surface area (Å²) in [6, 6.07) is -1.45. The van der Waals surface area contributed by atoms with E-state index in [0.29, 0.717) is 6.42 Å². The number of carboxylic acid groups (broad SMARTS) is 1. The van der Waals surface area contributed by atoms with Gasteiger partial charge >= 0.3 is 12.0 Å². The van der Waals surface area contributed by atoms with E-state index in [0.717, 1.165) is 0 Å². The predicted molar refractivity (Wildman–Crippen MR) is 69.9 cm³/mol. The van der Waals surface area contributed by atoms with Crippen molar-refractivity contribution in [1.82, 2.24) is 10.2 Å². The molecule has 112 valence electrons. The van der Waals surface area contributed by atoms with Crippen LogP contribution in [0.1, 0.15) is 20.3 Å². The number of hydrogen-bond donors (Lipinski definition) is 3. The number of hydrogen-bond acceptors (Lipinski definition) is 4. The lowest BCUT2D eigenvalue weighted by atomic mass is 10.0. The Morgan fingerprint density at radius 3 is 2.37 bits per heavy atom. The van der Waals surface area contributed by atoms with Crippen LogP contribution in [0, 0.1) is 5.92 Å². The largest absolute Gasteiger partial charge is 0.480 e. The van der Waals surface area contributed by atoms with E-state index in [-0.39, 0.29) is 19.1 Å². The second-order valence-corrected chi connectivity index (χ2v) is 4.96. The zero-order chi connectivity index (χ0) is 15.0. The lowest BCUT2D eigenvalue weighted by Gasteiger charge is -2.24. The molecule has 19 heavy (non-hydrogen) atoms. The Kier molecular flexibility index (Phi) is 8.09. The molecule has 7 nitrogen and oxygen atoms in total. The number of methoxy groups -OCH3 is 1. The van der Waals surface area contributed by atoms with Crippen LogP contribution in [0.25, 0.3) is 0 Å². The summed E-state index contributed by atoms with van der Waals surface area (Å²) in [5.41, 5.74) is 0. The zero-order valence-electron chi connectivity index (χ0n) is 11.9. The lowest BCUT2D eigenvalue weighted by molar-refractivity contribution is -0.139. The highest BCUT2D eigenvalue weighted by Crippen LogP contribution is 2.05. The molecule has 0 aliphatic carbocycles. The summed E-state index contributed by atoms with van der Waals surface area (Å²) in [4.78, 5) is 24.0. The number of urea groups is 1. The Morgan fingerprint density at radius 1 is 1.37 bits per heavy atom. The van der Waals surface area contributed by atoms with Crippen molar-refractivity contribution in [2.24, 2.45) is 5.92 Å². The predicted octanol–water partition coefficient (Wildman–Crippen LogP) is 0.134. The molecule has 0 aliphatic heterocycles. The maximum absolute atomic E-state index is 11.8. The van der Waals surface area contributed by atoms with Crippen molar-refractivity contribution in [2.75, 3.05) is 27.3 Å². The van der Waals surface area contributed by atoms with Gasteiger partial charge in [0.15, 0.2) is 0 Å². The van der Waals surface area contributed by atoms with E-state index < -0.39 is 24.1 Å². The van der Waals surface area contributed by atoms with Gasteiger partial charge in [0.1, 0.15) is 6.04 Å². The third-order valence-corrected chi connectivity index (χ3v) is 2.49. The third kappa shape index (κ3) is 7.63. The second-order valence-electron chi connectivity index (χ2n) is 4.96. The number of ether oxygens (including phenoxy) is 1. The van der Waals surface area contributed by atoms with Crippen LogP contribution in [0.5, 0.6) is 0 Å². The van der Waals surface area contributed by atoms with Crippen molar-refractivity contribution in [3.63, 3.8) is 0 Å². The number of carboxylic acids is 1. The van der Waals surface area contributed by atoms with Crippen molar-refractivity contribution in [1.29, 1.82) is 0 Å². The van der Waals surface area contributed by atoms with Gasteiger partial charge in [-0.25, -0.2) is 9.59 Å². The first-order valence-corrected chi connectivity index (χ1v) is 6.19. The molecule has 0 heterocycles. The van der Waals surface area contributed by atoms with E-state index in [1.54, 1.807) is 0 Å². The van der Waals surface area contributed by atoms with E-state index in [1.165, 1.54) is 19.1 Å². The van der Waals surface area contributed by atoms with Gasteiger partial charge in [0, 0.05) is 14.2 Å². The van der Waals surface area contributed by atoms with Crippen molar-refractivity contribution in [2.45, 2.75) is 32.4 Å². The van der Waals surface area contributed by atoms with Crippen molar-refractivity contribution >= 4 is 12.0 Å². The van der Waals surface area contributed by atoms with Gasteiger partial charge in [-0.1, -0.05) is 13.8 Å². The number of likely N-dealkylation sites (N-methyl/N-ethyl adjacent to an activating group) is 1. The number of carbonyl (C=O) groups excluding carboxylic acids is 1. The first kappa shape index (κ1) is 17.7. The molecule has 0 aromatic carbocycles. The van der Waals surface area contributed by atoms with Crippen LogP contribution in [-0.2, 0) is 9.53 Å². The number of nitrogens with one attached hydrogen (secondary N) is 1. The molecule has 3 N–H and O–H groups in total. The molecule has 0 aromatic heterocycles. The summed E-state index contributed by atoms with van der Waals surface area (Å²) in [5, 5.41) is 20.9. The Bertz CT molecular complexity index is 296. The molecule has 0 rings (SSSR count). The molecule has 1 unspecified atom stereocenters. The van der Waals surface area contributed by atoms with Gasteiger partial charge < -0.3 is 25.2 Å². The summed E-state index contributed by atoms with van der Waals surface area (Å²) in [6.45, 7) is 3.96. The molecule has 0 aliphatic rings. The topological polar surface area (TPSA) is 99.1 Å². The molecule has 2 amide bonds. The van der Waals surface area contributed by atoms with E-state index in [9.17, 15) is 14.7 Å². The highest BCUT2D eigenvalue weighted by Gasteiger charge is 2.23. The molecule has 0 spiro atoms. The first-order valence-electron chi connectivity index (χ1n) is 6.19. The van der Waals surface area contributed by atoms with Crippen molar-refractivity contribution in [3.05, 3.63) is 0 Å². The van der Waals surface area contributed by atoms with Crippen LogP contribution in [0.2, 0.25) is 0 Å². The van der Waals surface area contributed by atoms with Crippen LogP contribution >= 0.6 is 0 Å². The number of carbonyl (C=O) groups is 2. The summed E-state index contributed by atoms with van der Waals surface area (Å²) < 4.78 is 4.75. The Labute approximate surface area is 113 Å². The fourth-order valence-corrected chi connectivity index (χ4v) is 1.60. The SMILES string of the molecule is COCC(O)CN(C)C(=O)N[C@H](CC(C)C)C(=O)O. The minimum atomic E-state index is -1.06. The molecule has 0 saturated carbocycles. The summed E-state index contributed by atoms with van der Waals surface area (Å²) in [5.74, 6) is -0.904.